The largest absolute Gasteiger partial charge is 0.448 e. The molecule has 2 amide bonds. The van der Waals surface area contributed by atoms with Crippen molar-refractivity contribution < 1.29 is 19.1 Å². The lowest BCUT2D eigenvalue weighted by atomic mass is 9.87. The van der Waals surface area contributed by atoms with E-state index >= 15 is 0 Å². The number of carbonyl (C=O) groups is 2. The zero-order chi connectivity index (χ0) is 14.5. The smallest absolute Gasteiger partial charge is 0.407 e. The zero-order valence-electron chi connectivity index (χ0n) is 11.7. The van der Waals surface area contributed by atoms with E-state index in [-0.39, 0.29) is 18.7 Å². The van der Waals surface area contributed by atoms with Crippen molar-refractivity contribution in [3.8, 4) is 0 Å². The topological polar surface area (TPSA) is 103 Å². The summed E-state index contributed by atoms with van der Waals surface area (Å²) in [4.78, 5) is 21.8. The molecule has 1 saturated carbocycles. The van der Waals surface area contributed by atoms with Gasteiger partial charge in [0.15, 0.2) is 0 Å². The van der Waals surface area contributed by atoms with Crippen LogP contribution in [0.4, 0.5) is 9.59 Å². The first-order valence-corrected chi connectivity index (χ1v) is 6.41. The number of hydrogen-bond acceptors (Lipinski definition) is 5. The standard InChI is InChI=1S/C12H23N3O4/c1-12(2,3)19-11(17)15-9-6-8(7-9)14-4-5-18-10(13)16/h8-9,14H,4-7H2,1-3H3,(H2,13,16)(H,15,17). The molecule has 0 aromatic carbocycles. The summed E-state index contributed by atoms with van der Waals surface area (Å²) in [5, 5.41) is 6.01. The van der Waals surface area contributed by atoms with Gasteiger partial charge >= 0.3 is 12.2 Å². The first-order chi connectivity index (χ1) is 8.76. The minimum absolute atomic E-state index is 0.143. The van der Waals surface area contributed by atoms with Gasteiger partial charge in [-0.2, -0.15) is 0 Å². The van der Waals surface area contributed by atoms with E-state index in [1.807, 2.05) is 20.8 Å². The van der Waals surface area contributed by atoms with Crippen LogP contribution in [0, 0.1) is 0 Å². The van der Waals surface area contributed by atoms with Gasteiger partial charge in [0.05, 0.1) is 0 Å². The Morgan fingerprint density at radius 2 is 1.89 bits per heavy atom. The molecule has 1 fully saturated rings. The van der Waals surface area contributed by atoms with E-state index in [9.17, 15) is 9.59 Å². The lowest BCUT2D eigenvalue weighted by molar-refractivity contribution is 0.0463. The van der Waals surface area contributed by atoms with Crippen molar-refractivity contribution in [3.05, 3.63) is 0 Å². The van der Waals surface area contributed by atoms with Crippen LogP contribution in [0.3, 0.4) is 0 Å². The van der Waals surface area contributed by atoms with Crippen molar-refractivity contribution in [2.45, 2.75) is 51.3 Å². The zero-order valence-corrected chi connectivity index (χ0v) is 11.7. The molecule has 0 atom stereocenters. The molecule has 110 valence electrons. The summed E-state index contributed by atoms with van der Waals surface area (Å²) in [6.07, 6.45) is 0.541. The first kappa shape index (κ1) is 15.6. The second kappa shape index (κ2) is 6.60. The van der Waals surface area contributed by atoms with Gasteiger partial charge in [0, 0.05) is 18.6 Å². The van der Waals surface area contributed by atoms with Gasteiger partial charge in [-0.3, -0.25) is 0 Å². The van der Waals surface area contributed by atoms with E-state index in [4.69, 9.17) is 10.5 Å². The molecule has 0 unspecified atom stereocenters. The average molecular weight is 273 g/mol. The van der Waals surface area contributed by atoms with Crippen molar-refractivity contribution in [3.63, 3.8) is 0 Å². The molecule has 7 nitrogen and oxygen atoms in total. The predicted molar refractivity (Wildman–Crippen MR) is 69.7 cm³/mol. The van der Waals surface area contributed by atoms with Gasteiger partial charge in [-0.15, -0.1) is 0 Å². The van der Waals surface area contributed by atoms with Gasteiger partial charge in [0.2, 0.25) is 0 Å². The number of alkyl carbamates (subject to hydrolysis) is 1. The number of rotatable bonds is 5. The molecule has 0 bridgehead atoms. The number of primary amides is 1. The van der Waals surface area contributed by atoms with Crippen LogP contribution in [0.25, 0.3) is 0 Å². The lowest BCUT2D eigenvalue weighted by Gasteiger charge is -2.36. The van der Waals surface area contributed by atoms with E-state index in [1.165, 1.54) is 0 Å². The number of nitrogens with two attached hydrogens (primary N) is 1. The lowest BCUT2D eigenvalue weighted by Crippen LogP contribution is -2.53. The highest BCUT2D eigenvalue weighted by Gasteiger charge is 2.31. The fraction of sp³-hybridized carbons (Fsp3) is 0.833. The van der Waals surface area contributed by atoms with Crippen molar-refractivity contribution >= 4 is 12.2 Å². The fourth-order valence-electron chi connectivity index (χ4n) is 1.79. The van der Waals surface area contributed by atoms with Crippen LogP contribution >= 0.6 is 0 Å². The summed E-state index contributed by atoms with van der Waals surface area (Å²) >= 11 is 0. The highest BCUT2D eigenvalue weighted by Crippen LogP contribution is 2.20. The molecule has 0 heterocycles. The Bertz CT molecular complexity index is 321. The molecule has 0 spiro atoms. The Morgan fingerprint density at radius 3 is 2.42 bits per heavy atom. The van der Waals surface area contributed by atoms with Gasteiger partial charge in [0.25, 0.3) is 0 Å². The van der Waals surface area contributed by atoms with Crippen molar-refractivity contribution in [2.75, 3.05) is 13.2 Å². The quantitative estimate of drug-likeness (QED) is 0.641. The maximum Gasteiger partial charge on any atom is 0.407 e. The molecule has 0 radical (unpaired) electrons. The summed E-state index contributed by atoms with van der Waals surface area (Å²) in [7, 11) is 0. The van der Waals surface area contributed by atoms with Crippen LogP contribution in [-0.2, 0) is 9.47 Å². The number of nitrogens with one attached hydrogen (secondary N) is 2. The van der Waals surface area contributed by atoms with Crippen LogP contribution in [0.2, 0.25) is 0 Å². The van der Waals surface area contributed by atoms with Gasteiger partial charge in [-0.1, -0.05) is 0 Å². The van der Waals surface area contributed by atoms with Crippen LogP contribution < -0.4 is 16.4 Å². The number of amides is 2. The molecule has 0 aromatic heterocycles. The number of ether oxygens (including phenoxy) is 2. The molecule has 1 aliphatic rings. The monoisotopic (exact) mass is 273 g/mol. The van der Waals surface area contributed by atoms with Crippen LogP contribution in [0.5, 0.6) is 0 Å². The highest BCUT2D eigenvalue weighted by molar-refractivity contribution is 5.68. The van der Waals surface area contributed by atoms with Gasteiger partial charge in [-0.25, -0.2) is 9.59 Å². The Balaban J connectivity index is 2.04. The van der Waals surface area contributed by atoms with Crippen LogP contribution in [0.15, 0.2) is 0 Å². The Labute approximate surface area is 113 Å². The number of hydrogen-bond donors (Lipinski definition) is 3. The summed E-state index contributed by atoms with van der Waals surface area (Å²) < 4.78 is 9.76. The third-order valence-electron chi connectivity index (χ3n) is 2.64. The minimum Gasteiger partial charge on any atom is -0.448 e. The second-order valence-electron chi connectivity index (χ2n) is 5.63. The van der Waals surface area contributed by atoms with Crippen LogP contribution in [0.1, 0.15) is 33.6 Å². The van der Waals surface area contributed by atoms with Crippen molar-refractivity contribution in [1.82, 2.24) is 10.6 Å². The second-order valence-corrected chi connectivity index (χ2v) is 5.63. The normalized spacial score (nSPS) is 22.3. The average Bonchev–Trinajstić information content (AvgIpc) is 2.16. The van der Waals surface area contributed by atoms with Gasteiger partial charge in [0.1, 0.15) is 12.2 Å². The Hall–Kier alpha value is -1.50. The third kappa shape index (κ3) is 6.85. The molecule has 1 rings (SSSR count). The molecule has 0 aromatic rings. The molecular weight excluding hydrogens is 250 g/mol. The molecular formula is C12H23N3O4. The first-order valence-electron chi connectivity index (χ1n) is 6.41. The minimum atomic E-state index is -0.764. The summed E-state index contributed by atoms with van der Waals surface area (Å²) in [6, 6.07) is 0.473. The fourth-order valence-corrected chi connectivity index (χ4v) is 1.79. The molecule has 19 heavy (non-hydrogen) atoms. The summed E-state index contributed by atoms with van der Waals surface area (Å²) in [5.74, 6) is 0. The summed E-state index contributed by atoms with van der Waals surface area (Å²) in [5.41, 5.74) is 4.36. The van der Waals surface area contributed by atoms with E-state index in [1.54, 1.807) is 0 Å². The van der Waals surface area contributed by atoms with E-state index in [0.29, 0.717) is 12.6 Å². The molecule has 7 heteroatoms. The Morgan fingerprint density at radius 1 is 1.26 bits per heavy atom. The van der Waals surface area contributed by atoms with E-state index in [2.05, 4.69) is 15.4 Å². The maximum absolute atomic E-state index is 11.5. The predicted octanol–water partition coefficient (Wildman–Crippen LogP) is 0.727. The molecule has 0 saturated heterocycles. The summed E-state index contributed by atoms with van der Waals surface area (Å²) in [6.45, 7) is 6.31. The molecule has 1 aliphatic carbocycles. The van der Waals surface area contributed by atoms with E-state index in [0.717, 1.165) is 12.8 Å². The highest BCUT2D eigenvalue weighted by atomic mass is 16.6. The van der Waals surface area contributed by atoms with Gasteiger partial charge < -0.3 is 25.8 Å². The molecule has 0 aliphatic heterocycles. The third-order valence-corrected chi connectivity index (χ3v) is 2.64. The SMILES string of the molecule is CC(C)(C)OC(=O)NC1CC(NCCOC(N)=O)C1. The van der Waals surface area contributed by atoms with Crippen LogP contribution in [-0.4, -0.2) is 43.0 Å². The maximum atomic E-state index is 11.5. The van der Waals surface area contributed by atoms with Crippen molar-refractivity contribution in [2.24, 2.45) is 5.73 Å². The molecule has 4 N–H and O–H groups in total. The van der Waals surface area contributed by atoms with Gasteiger partial charge in [-0.05, 0) is 33.6 Å². The Kier molecular flexibility index (Phi) is 5.41. The number of carbonyl (C=O) groups excluding carboxylic acids is 2. The van der Waals surface area contributed by atoms with E-state index < -0.39 is 11.7 Å². The van der Waals surface area contributed by atoms with Crippen molar-refractivity contribution in [1.29, 1.82) is 0 Å².